The van der Waals surface area contributed by atoms with Crippen LogP contribution in [0.1, 0.15) is 62.1 Å². The van der Waals surface area contributed by atoms with E-state index in [1.54, 1.807) is 0 Å². The Hall–Kier alpha value is -3.26. The summed E-state index contributed by atoms with van der Waals surface area (Å²) in [5.74, 6) is 1.97. The Labute approximate surface area is 209 Å². The second-order valence-electron chi connectivity index (χ2n) is 9.79. The molecular weight excluding hydrogens is 428 g/mol. The smallest absolute Gasteiger partial charge is 0.127 e. The lowest BCUT2D eigenvalue weighted by atomic mass is 9.69. The molecule has 0 fully saturated rings. The van der Waals surface area contributed by atoms with Crippen LogP contribution in [-0.2, 0) is 11.8 Å². The number of hydrogen-bond donors (Lipinski definition) is 0. The second-order valence-corrected chi connectivity index (χ2v) is 9.79. The van der Waals surface area contributed by atoms with Gasteiger partial charge >= 0.3 is 0 Å². The standard InChI is InChI=1S/C33H36O2/c1-2-3-4-5-6-13-23-34-31-20-14-19-28-29(31)21-22-32-30(28)24-33(25-35-32,26-15-9-7-10-16-26)27-17-11-8-12-18-27/h7-12,14-22H,2-6,13,23-25H2,1H3. The maximum absolute atomic E-state index is 6.50. The summed E-state index contributed by atoms with van der Waals surface area (Å²) < 4.78 is 12.8. The van der Waals surface area contributed by atoms with Gasteiger partial charge in [-0.15, -0.1) is 0 Å². The Balaban J connectivity index is 1.45. The molecule has 5 rings (SSSR count). The predicted octanol–water partition coefficient (Wildman–Crippen LogP) is 8.50. The van der Waals surface area contributed by atoms with Crippen molar-refractivity contribution in [3.8, 4) is 11.5 Å². The summed E-state index contributed by atoms with van der Waals surface area (Å²) in [6.45, 7) is 3.67. The lowest BCUT2D eigenvalue weighted by molar-refractivity contribution is 0.216. The van der Waals surface area contributed by atoms with E-state index in [1.807, 2.05) is 0 Å². The van der Waals surface area contributed by atoms with E-state index in [2.05, 4.69) is 97.9 Å². The molecule has 0 saturated carbocycles. The third kappa shape index (κ3) is 4.93. The van der Waals surface area contributed by atoms with Gasteiger partial charge in [-0.25, -0.2) is 0 Å². The molecule has 0 bridgehead atoms. The summed E-state index contributed by atoms with van der Waals surface area (Å²) in [7, 11) is 0. The molecule has 0 N–H and O–H groups in total. The van der Waals surface area contributed by atoms with E-state index in [1.165, 1.54) is 59.6 Å². The molecule has 1 aliphatic rings. The van der Waals surface area contributed by atoms with Crippen molar-refractivity contribution < 1.29 is 9.47 Å². The van der Waals surface area contributed by atoms with Crippen molar-refractivity contribution in [1.29, 1.82) is 0 Å². The zero-order valence-corrected chi connectivity index (χ0v) is 20.8. The maximum atomic E-state index is 6.50. The monoisotopic (exact) mass is 464 g/mol. The van der Waals surface area contributed by atoms with E-state index in [4.69, 9.17) is 9.47 Å². The summed E-state index contributed by atoms with van der Waals surface area (Å²) in [5.41, 5.74) is 3.64. The molecule has 0 aromatic heterocycles. The molecule has 0 spiro atoms. The quantitative estimate of drug-likeness (QED) is 0.219. The highest BCUT2D eigenvalue weighted by atomic mass is 16.5. The Kier molecular flexibility index (Phi) is 7.37. The second kappa shape index (κ2) is 11.0. The number of ether oxygens (including phenoxy) is 2. The largest absolute Gasteiger partial charge is 0.493 e. The SMILES string of the molecule is CCCCCCCCOc1cccc2c3c(ccc12)OCC(c1ccccc1)(c1ccccc1)C3. The summed E-state index contributed by atoms with van der Waals surface area (Å²) in [6, 6.07) is 32.4. The van der Waals surface area contributed by atoms with Crippen molar-refractivity contribution in [2.75, 3.05) is 13.2 Å². The van der Waals surface area contributed by atoms with Gasteiger partial charge in [-0.2, -0.15) is 0 Å². The van der Waals surface area contributed by atoms with Crippen LogP contribution in [-0.4, -0.2) is 13.2 Å². The first-order chi connectivity index (χ1) is 17.3. The minimum absolute atomic E-state index is 0.223. The van der Waals surface area contributed by atoms with Gasteiger partial charge in [0.15, 0.2) is 0 Å². The fourth-order valence-electron chi connectivity index (χ4n) is 5.48. The van der Waals surface area contributed by atoms with Gasteiger partial charge < -0.3 is 9.47 Å². The van der Waals surface area contributed by atoms with Crippen LogP contribution in [0.15, 0.2) is 91.0 Å². The molecular formula is C33H36O2. The lowest BCUT2D eigenvalue weighted by Gasteiger charge is -2.39. The third-order valence-electron chi connectivity index (χ3n) is 7.45. The Morgan fingerprint density at radius 2 is 1.37 bits per heavy atom. The molecule has 180 valence electrons. The highest BCUT2D eigenvalue weighted by Crippen LogP contribution is 2.45. The first-order valence-corrected chi connectivity index (χ1v) is 13.2. The highest BCUT2D eigenvalue weighted by Gasteiger charge is 2.40. The van der Waals surface area contributed by atoms with E-state index in [-0.39, 0.29) is 5.41 Å². The first-order valence-electron chi connectivity index (χ1n) is 13.2. The van der Waals surface area contributed by atoms with Crippen LogP contribution in [0.2, 0.25) is 0 Å². The average molecular weight is 465 g/mol. The van der Waals surface area contributed by atoms with Gasteiger partial charge in [-0.05, 0) is 47.6 Å². The Morgan fingerprint density at radius 1 is 0.686 bits per heavy atom. The van der Waals surface area contributed by atoms with E-state index >= 15 is 0 Å². The van der Waals surface area contributed by atoms with E-state index in [0.29, 0.717) is 6.61 Å². The summed E-state index contributed by atoms with van der Waals surface area (Å²) >= 11 is 0. The molecule has 4 aromatic rings. The Morgan fingerprint density at radius 3 is 2.09 bits per heavy atom. The van der Waals surface area contributed by atoms with Crippen molar-refractivity contribution in [3.63, 3.8) is 0 Å². The van der Waals surface area contributed by atoms with Gasteiger partial charge in [0.25, 0.3) is 0 Å². The third-order valence-corrected chi connectivity index (χ3v) is 7.45. The van der Waals surface area contributed by atoms with Crippen LogP contribution in [0.4, 0.5) is 0 Å². The van der Waals surface area contributed by atoms with Crippen molar-refractivity contribution in [1.82, 2.24) is 0 Å². The van der Waals surface area contributed by atoms with Gasteiger partial charge in [0, 0.05) is 10.9 Å². The molecule has 0 atom stereocenters. The fourth-order valence-corrected chi connectivity index (χ4v) is 5.48. The van der Waals surface area contributed by atoms with Gasteiger partial charge in [-0.3, -0.25) is 0 Å². The number of benzene rings is 4. The summed E-state index contributed by atoms with van der Waals surface area (Å²) in [4.78, 5) is 0. The van der Waals surface area contributed by atoms with Gasteiger partial charge in [0.05, 0.1) is 12.0 Å². The minimum Gasteiger partial charge on any atom is -0.493 e. The Bertz CT molecular complexity index is 1190. The van der Waals surface area contributed by atoms with Crippen LogP contribution in [0, 0.1) is 0 Å². The van der Waals surface area contributed by atoms with Crippen LogP contribution in [0.5, 0.6) is 11.5 Å². The molecule has 4 aromatic carbocycles. The molecule has 0 amide bonds. The fraction of sp³-hybridized carbons (Fsp3) is 0.333. The zero-order chi connectivity index (χ0) is 23.9. The summed E-state index contributed by atoms with van der Waals surface area (Å²) in [6.07, 6.45) is 8.51. The minimum atomic E-state index is -0.223. The molecule has 1 aliphatic heterocycles. The molecule has 0 saturated heterocycles. The predicted molar refractivity (Wildman–Crippen MR) is 146 cm³/mol. The molecule has 0 aliphatic carbocycles. The average Bonchev–Trinajstić information content (AvgIpc) is 2.93. The molecule has 2 heteroatoms. The molecule has 2 nitrogen and oxygen atoms in total. The van der Waals surface area contributed by atoms with Crippen LogP contribution >= 0.6 is 0 Å². The number of fused-ring (bicyclic) bond motifs is 3. The topological polar surface area (TPSA) is 18.5 Å². The van der Waals surface area contributed by atoms with Crippen molar-refractivity contribution in [3.05, 3.63) is 108 Å². The van der Waals surface area contributed by atoms with E-state index < -0.39 is 0 Å². The molecule has 0 unspecified atom stereocenters. The number of rotatable bonds is 10. The van der Waals surface area contributed by atoms with Gasteiger partial charge in [0.2, 0.25) is 0 Å². The van der Waals surface area contributed by atoms with Crippen molar-refractivity contribution in [2.45, 2.75) is 57.3 Å². The van der Waals surface area contributed by atoms with E-state index in [0.717, 1.165) is 30.9 Å². The van der Waals surface area contributed by atoms with Crippen LogP contribution in [0.3, 0.4) is 0 Å². The van der Waals surface area contributed by atoms with Crippen molar-refractivity contribution in [2.24, 2.45) is 0 Å². The lowest BCUT2D eigenvalue weighted by Crippen LogP contribution is -2.40. The number of unbranched alkanes of at least 4 members (excludes halogenated alkanes) is 5. The van der Waals surface area contributed by atoms with Crippen LogP contribution < -0.4 is 9.47 Å². The molecule has 35 heavy (non-hydrogen) atoms. The maximum Gasteiger partial charge on any atom is 0.127 e. The zero-order valence-electron chi connectivity index (χ0n) is 20.8. The highest BCUT2D eigenvalue weighted by molar-refractivity contribution is 5.93. The van der Waals surface area contributed by atoms with Crippen molar-refractivity contribution >= 4 is 10.8 Å². The first kappa shape index (κ1) is 23.5. The summed E-state index contributed by atoms with van der Waals surface area (Å²) in [5, 5.41) is 2.41. The van der Waals surface area contributed by atoms with Crippen LogP contribution in [0.25, 0.3) is 10.8 Å². The normalized spacial score (nSPS) is 14.3. The molecule has 1 heterocycles. The van der Waals surface area contributed by atoms with Gasteiger partial charge in [0.1, 0.15) is 18.1 Å². The van der Waals surface area contributed by atoms with E-state index in [9.17, 15) is 0 Å². The van der Waals surface area contributed by atoms with Gasteiger partial charge in [-0.1, -0.05) is 112 Å². The number of hydrogen-bond acceptors (Lipinski definition) is 2. The molecule has 0 radical (unpaired) electrons.